The first kappa shape index (κ1) is 28.1. The summed E-state index contributed by atoms with van der Waals surface area (Å²) in [5.41, 5.74) is 1.93. The molecule has 0 bridgehead atoms. The van der Waals surface area contributed by atoms with Crippen molar-refractivity contribution in [3.05, 3.63) is 58.4 Å². The Bertz CT molecular complexity index is 1170. The maximum absolute atomic E-state index is 15.1. The molecular formula is C28H34ClF4N5O. The summed E-state index contributed by atoms with van der Waals surface area (Å²) in [6, 6.07) is 10.4. The smallest absolute Gasteiger partial charge is 0.367 e. The zero-order valence-corrected chi connectivity index (χ0v) is 22.6. The van der Waals surface area contributed by atoms with Crippen molar-refractivity contribution in [2.45, 2.75) is 38.0 Å². The van der Waals surface area contributed by atoms with Crippen LogP contribution < -0.4 is 10.2 Å². The molecule has 39 heavy (non-hydrogen) atoms. The summed E-state index contributed by atoms with van der Waals surface area (Å²) < 4.78 is 52.8. The Kier molecular flexibility index (Phi) is 8.66. The van der Waals surface area contributed by atoms with Crippen LogP contribution in [0.5, 0.6) is 0 Å². The Balaban J connectivity index is 1.21. The van der Waals surface area contributed by atoms with Crippen molar-refractivity contribution in [2.24, 2.45) is 0 Å². The Hall–Kier alpha value is -2.40. The SMILES string of the molecule is O=C(Nc1ccc(Cl)cc1N1CCN(CCC(F)(F)F)CC1)c1ccc(CN2CCN3CCCC3C2)cc1F. The number of alkyl halides is 3. The lowest BCUT2D eigenvalue weighted by Crippen LogP contribution is -2.49. The molecule has 0 aliphatic carbocycles. The molecule has 6 nitrogen and oxygen atoms in total. The minimum atomic E-state index is -4.18. The molecule has 0 aromatic heterocycles. The van der Waals surface area contributed by atoms with Crippen molar-refractivity contribution in [1.82, 2.24) is 14.7 Å². The standard InChI is InChI=1S/C28H34ClF4N5O/c29-21-4-6-25(26(17-21)38-14-10-35(11-15-38)9-7-28(31,32)33)34-27(39)23-5-3-20(16-24(23)30)18-36-12-13-37-8-1-2-22(37)19-36/h3-6,16-17,22H,1-2,7-15,18-19H2,(H,34,39). The molecule has 3 heterocycles. The Morgan fingerprint density at radius 1 is 0.974 bits per heavy atom. The molecule has 212 valence electrons. The van der Waals surface area contributed by atoms with E-state index in [1.165, 1.54) is 31.5 Å². The van der Waals surface area contributed by atoms with Gasteiger partial charge in [-0.1, -0.05) is 17.7 Å². The van der Waals surface area contributed by atoms with E-state index in [1.807, 2.05) is 11.0 Å². The van der Waals surface area contributed by atoms with Crippen molar-refractivity contribution >= 4 is 28.9 Å². The van der Waals surface area contributed by atoms with Gasteiger partial charge in [0, 0.05) is 70.0 Å². The van der Waals surface area contributed by atoms with Crippen LogP contribution in [0.25, 0.3) is 0 Å². The molecule has 3 aliphatic rings. The summed E-state index contributed by atoms with van der Waals surface area (Å²) in [4.78, 5) is 21.7. The van der Waals surface area contributed by atoms with Crippen molar-refractivity contribution in [3.63, 3.8) is 0 Å². The minimum absolute atomic E-state index is 0.0391. The molecule has 0 radical (unpaired) electrons. The molecule has 1 N–H and O–H groups in total. The fourth-order valence-corrected chi connectivity index (χ4v) is 6.02. The van der Waals surface area contributed by atoms with Gasteiger partial charge in [0.1, 0.15) is 5.82 Å². The topological polar surface area (TPSA) is 42.1 Å². The number of rotatable bonds is 7. The monoisotopic (exact) mass is 567 g/mol. The number of nitrogens with one attached hydrogen (secondary N) is 1. The number of carbonyl (C=O) groups is 1. The highest BCUT2D eigenvalue weighted by Crippen LogP contribution is 2.31. The van der Waals surface area contributed by atoms with Crippen LogP contribution in [-0.4, -0.2) is 91.7 Å². The van der Waals surface area contributed by atoms with E-state index in [4.69, 9.17) is 11.6 Å². The van der Waals surface area contributed by atoms with Gasteiger partial charge in [-0.3, -0.25) is 19.5 Å². The van der Waals surface area contributed by atoms with Crippen LogP contribution >= 0.6 is 11.6 Å². The van der Waals surface area contributed by atoms with E-state index in [0.29, 0.717) is 55.2 Å². The summed E-state index contributed by atoms with van der Waals surface area (Å²) in [7, 11) is 0. The first-order valence-corrected chi connectivity index (χ1v) is 13.9. The quantitative estimate of drug-likeness (QED) is 0.472. The number of nitrogens with zero attached hydrogens (tertiary/aromatic N) is 4. The molecule has 3 saturated heterocycles. The summed E-state index contributed by atoms with van der Waals surface area (Å²) >= 11 is 6.23. The number of benzene rings is 2. The first-order valence-electron chi connectivity index (χ1n) is 13.5. The Labute approximate surface area is 231 Å². The third kappa shape index (κ3) is 7.22. The van der Waals surface area contributed by atoms with E-state index in [-0.39, 0.29) is 12.1 Å². The molecule has 1 amide bonds. The number of anilines is 2. The van der Waals surface area contributed by atoms with Crippen molar-refractivity contribution in [1.29, 1.82) is 0 Å². The molecule has 11 heteroatoms. The number of piperazine rings is 2. The molecule has 3 fully saturated rings. The van der Waals surface area contributed by atoms with Crippen LogP contribution in [0, 0.1) is 5.82 Å². The van der Waals surface area contributed by atoms with Gasteiger partial charge >= 0.3 is 6.18 Å². The van der Waals surface area contributed by atoms with Gasteiger partial charge in [0.2, 0.25) is 0 Å². The average Bonchev–Trinajstić information content (AvgIpc) is 3.36. The van der Waals surface area contributed by atoms with Crippen LogP contribution in [-0.2, 0) is 6.54 Å². The molecule has 1 unspecified atom stereocenters. The average molecular weight is 568 g/mol. The maximum Gasteiger partial charge on any atom is 0.390 e. The second kappa shape index (κ2) is 12.0. The molecule has 0 saturated carbocycles. The van der Waals surface area contributed by atoms with Crippen molar-refractivity contribution < 1.29 is 22.4 Å². The second-order valence-electron chi connectivity index (χ2n) is 10.7. The predicted molar refractivity (Wildman–Crippen MR) is 145 cm³/mol. The highest BCUT2D eigenvalue weighted by molar-refractivity contribution is 6.31. The van der Waals surface area contributed by atoms with Gasteiger partial charge in [-0.05, 0) is 55.3 Å². The summed E-state index contributed by atoms with van der Waals surface area (Å²) in [5, 5.41) is 3.29. The summed E-state index contributed by atoms with van der Waals surface area (Å²) in [6.45, 7) is 6.66. The number of halogens is 5. The highest BCUT2D eigenvalue weighted by atomic mass is 35.5. The lowest BCUT2D eigenvalue weighted by atomic mass is 10.1. The van der Waals surface area contributed by atoms with Gasteiger partial charge in [-0.2, -0.15) is 13.2 Å². The molecule has 1 atom stereocenters. The van der Waals surface area contributed by atoms with Crippen LogP contribution in [0.4, 0.5) is 28.9 Å². The van der Waals surface area contributed by atoms with Crippen molar-refractivity contribution in [2.75, 3.05) is 69.1 Å². The number of fused-ring (bicyclic) bond motifs is 1. The van der Waals surface area contributed by atoms with Gasteiger partial charge in [0.25, 0.3) is 5.91 Å². The second-order valence-corrected chi connectivity index (χ2v) is 11.1. The zero-order chi connectivity index (χ0) is 27.6. The largest absolute Gasteiger partial charge is 0.390 e. The lowest BCUT2D eigenvalue weighted by Gasteiger charge is -2.37. The van der Waals surface area contributed by atoms with E-state index in [2.05, 4.69) is 15.1 Å². The number of amides is 1. The molecule has 3 aliphatic heterocycles. The van der Waals surface area contributed by atoms with Gasteiger partial charge in [0.05, 0.1) is 23.4 Å². The fourth-order valence-electron chi connectivity index (χ4n) is 5.86. The molecule has 5 rings (SSSR count). The van der Waals surface area contributed by atoms with E-state index >= 15 is 4.39 Å². The Morgan fingerprint density at radius 3 is 2.49 bits per heavy atom. The number of hydrogen-bond acceptors (Lipinski definition) is 5. The van der Waals surface area contributed by atoms with E-state index < -0.39 is 24.3 Å². The van der Waals surface area contributed by atoms with Crippen LogP contribution in [0.2, 0.25) is 5.02 Å². The van der Waals surface area contributed by atoms with Gasteiger partial charge in [-0.15, -0.1) is 0 Å². The van der Waals surface area contributed by atoms with E-state index in [1.54, 1.807) is 23.1 Å². The highest BCUT2D eigenvalue weighted by Gasteiger charge is 2.31. The van der Waals surface area contributed by atoms with E-state index in [0.717, 1.165) is 25.2 Å². The van der Waals surface area contributed by atoms with Crippen LogP contribution in [0.1, 0.15) is 35.2 Å². The predicted octanol–water partition coefficient (Wildman–Crippen LogP) is 5.09. The third-order valence-corrected chi connectivity index (χ3v) is 8.22. The summed E-state index contributed by atoms with van der Waals surface area (Å²) in [5.74, 6) is -1.13. The van der Waals surface area contributed by atoms with Gasteiger partial charge < -0.3 is 10.2 Å². The summed E-state index contributed by atoms with van der Waals surface area (Å²) in [6.07, 6.45) is -2.57. The normalized spacial score (nSPS) is 21.3. The maximum atomic E-state index is 15.1. The van der Waals surface area contributed by atoms with Crippen molar-refractivity contribution in [3.8, 4) is 0 Å². The van der Waals surface area contributed by atoms with E-state index in [9.17, 15) is 18.0 Å². The number of carbonyl (C=O) groups excluding carboxylic acids is 1. The molecule has 2 aromatic carbocycles. The molecular weight excluding hydrogens is 534 g/mol. The van der Waals surface area contributed by atoms with Crippen LogP contribution in [0.3, 0.4) is 0 Å². The fraction of sp³-hybridized carbons (Fsp3) is 0.536. The molecule has 2 aromatic rings. The third-order valence-electron chi connectivity index (χ3n) is 7.99. The Morgan fingerprint density at radius 2 is 1.74 bits per heavy atom. The van der Waals surface area contributed by atoms with Crippen LogP contribution in [0.15, 0.2) is 36.4 Å². The van der Waals surface area contributed by atoms with Gasteiger partial charge in [0.15, 0.2) is 0 Å². The van der Waals surface area contributed by atoms with Gasteiger partial charge in [-0.25, -0.2) is 4.39 Å². The first-order chi connectivity index (χ1) is 18.6. The number of hydrogen-bond donors (Lipinski definition) is 1. The molecule has 0 spiro atoms. The minimum Gasteiger partial charge on any atom is -0.367 e. The lowest BCUT2D eigenvalue weighted by molar-refractivity contribution is -0.138. The zero-order valence-electron chi connectivity index (χ0n) is 21.8.